The number of likely N-dealkylation sites (tertiary alicyclic amines) is 1. The largest absolute Gasteiger partial charge is 0.493 e. The van der Waals surface area contributed by atoms with Crippen LogP contribution >= 0.6 is 15.9 Å². The van der Waals surface area contributed by atoms with Crippen molar-refractivity contribution in [3.05, 3.63) is 23.3 Å². The number of halogens is 1. The van der Waals surface area contributed by atoms with Crippen LogP contribution in [0.15, 0.2) is 12.1 Å². The molecule has 1 aromatic carbocycles. The second-order valence-corrected chi connectivity index (χ2v) is 9.22. The molecule has 2 fully saturated rings. The van der Waals surface area contributed by atoms with Gasteiger partial charge in [0, 0.05) is 31.2 Å². The zero-order valence-corrected chi connectivity index (χ0v) is 17.3. The summed E-state index contributed by atoms with van der Waals surface area (Å²) in [5.41, 5.74) is 2.67. The molecule has 4 aliphatic rings. The van der Waals surface area contributed by atoms with E-state index in [2.05, 4.69) is 33.9 Å². The molecule has 1 saturated heterocycles. The summed E-state index contributed by atoms with van der Waals surface area (Å²) in [4.78, 5) is 2.61. The smallest absolute Gasteiger partial charge is 0.219 e. The van der Waals surface area contributed by atoms with Crippen molar-refractivity contribution in [2.24, 2.45) is 5.92 Å². The van der Waals surface area contributed by atoms with Gasteiger partial charge in [-0.05, 0) is 50.4 Å². The lowest BCUT2D eigenvalue weighted by Crippen LogP contribution is -2.73. The van der Waals surface area contributed by atoms with Crippen LogP contribution in [0.3, 0.4) is 0 Å². The van der Waals surface area contributed by atoms with Crippen LogP contribution in [0.25, 0.3) is 0 Å². The minimum absolute atomic E-state index is 0.0731. The average molecular weight is 424 g/mol. The van der Waals surface area contributed by atoms with E-state index >= 15 is 0 Å². The maximum atomic E-state index is 6.68. The molecule has 5 rings (SSSR count). The third kappa shape index (κ3) is 1.77. The zero-order chi connectivity index (χ0) is 18.3. The third-order valence-corrected chi connectivity index (χ3v) is 8.51. The van der Waals surface area contributed by atoms with Crippen LogP contribution in [-0.2, 0) is 21.3 Å². The normalized spacial score (nSPS) is 39.3. The van der Waals surface area contributed by atoms with Crippen molar-refractivity contribution in [1.82, 2.24) is 4.90 Å². The maximum absolute atomic E-state index is 6.68. The second-order valence-electron chi connectivity index (χ2n) is 8.11. The van der Waals surface area contributed by atoms with Gasteiger partial charge in [0.2, 0.25) is 5.79 Å². The molecule has 6 heteroatoms. The van der Waals surface area contributed by atoms with Gasteiger partial charge in [0.25, 0.3) is 0 Å². The molecule has 1 spiro atoms. The van der Waals surface area contributed by atoms with Crippen LogP contribution < -0.4 is 9.47 Å². The third-order valence-electron chi connectivity index (χ3n) is 7.50. The molecular weight excluding hydrogens is 398 g/mol. The number of nitrogens with zero attached hydrogens (tertiary/aromatic N) is 1. The first-order valence-electron chi connectivity index (χ1n) is 9.35. The lowest BCUT2D eigenvalue weighted by atomic mass is 9.50. The summed E-state index contributed by atoms with van der Waals surface area (Å²) in [5, 5.41) is 0. The Kier molecular flexibility index (Phi) is 3.72. The summed E-state index contributed by atoms with van der Waals surface area (Å²) in [6.45, 7) is 1.06. The molecule has 1 saturated carbocycles. The fourth-order valence-corrected chi connectivity index (χ4v) is 7.37. The van der Waals surface area contributed by atoms with Crippen LogP contribution in [-0.4, -0.2) is 62.6 Å². The fraction of sp³-hybridized carbons (Fsp3) is 0.700. The number of likely N-dealkylation sites (N-methyl/N-ethyl adjacent to an activating group) is 1. The van der Waals surface area contributed by atoms with E-state index in [1.165, 1.54) is 11.1 Å². The minimum Gasteiger partial charge on any atom is -0.493 e. The number of methoxy groups -OCH3 is 3. The van der Waals surface area contributed by atoms with E-state index in [1.807, 2.05) is 6.07 Å². The highest BCUT2D eigenvalue weighted by molar-refractivity contribution is 9.09. The Labute approximate surface area is 163 Å². The van der Waals surface area contributed by atoms with Gasteiger partial charge in [-0.2, -0.15) is 0 Å². The molecule has 2 aliphatic carbocycles. The molecule has 0 amide bonds. The van der Waals surface area contributed by atoms with E-state index in [0.29, 0.717) is 12.0 Å². The second kappa shape index (κ2) is 5.60. The lowest BCUT2D eigenvalue weighted by Gasteiger charge is -2.62. The minimum atomic E-state index is -0.810. The molecule has 2 unspecified atom stereocenters. The first-order valence-corrected chi connectivity index (χ1v) is 10.3. The van der Waals surface area contributed by atoms with Gasteiger partial charge in [-0.25, -0.2) is 0 Å². The zero-order valence-electron chi connectivity index (χ0n) is 15.8. The summed E-state index contributed by atoms with van der Waals surface area (Å²) in [6.07, 6.45) is 2.94. The van der Waals surface area contributed by atoms with Crippen LogP contribution in [0, 0.1) is 5.92 Å². The van der Waals surface area contributed by atoms with Crippen molar-refractivity contribution < 1.29 is 18.9 Å². The van der Waals surface area contributed by atoms with Crippen LogP contribution in [0.4, 0.5) is 0 Å². The highest BCUT2D eigenvalue weighted by Gasteiger charge is 2.72. The number of piperidine rings is 1. The summed E-state index contributed by atoms with van der Waals surface area (Å²) < 4.78 is 24.4. The Bertz CT molecular complexity index is 752. The Morgan fingerprint density at radius 2 is 2.00 bits per heavy atom. The van der Waals surface area contributed by atoms with Gasteiger partial charge in [0.05, 0.1) is 11.9 Å². The Hall–Kier alpha value is -0.820. The summed E-state index contributed by atoms with van der Waals surface area (Å²) in [7, 11) is 7.44. The van der Waals surface area contributed by atoms with Gasteiger partial charge >= 0.3 is 0 Å². The Morgan fingerprint density at radius 3 is 2.69 bits per heavy atom. The van der Waals surface area contributed by atoms with E-state index in [-0.39, 0.29) is 16.3 Å². The molecule has 2 heterocycles. The van der Waals surface area contributed by atoms with Gasteiger partial charge < -0.3 is 23.8 Å². The van der Waals surface area contributed by atoms with E-state index in [9.17, 15) is 0 Å². The van der Waals surface area contributed by atoms with Gasteiger partial charge in [-0.1, -0.05) is 22.0 Å². The first kappa shape index (κ1) is 17.3. The van der Waals surface area contributed by atoms with Crippen LogP contribution in [0.2, 0.25) is 0 Å². The van der Waals surface area contributed by atoms with Crippen LogP contribution in [0.5, 0.6) is 11.5 Å². The van der Waals surface area contributed by atoms with Crippen molar-refractivity contribution in [1.29, 1.82) is 0 Å². The predicted octanol–water partition coefficient (Wildman–Crippen LogP) is 2.73. The number of hydrogen-bond acceptors (Lipinski definition) is 5. The number of ether oxygens (including phenoxy) is 4. The predicted molar refractivity (Wildman–Crippen MR) is 101 cm³/mol. The molecule has 5 nitrogen and oxygen atoms in total. The number of benzene rings is 1. The molecule has 2 aliphatic heterocycles. The monoisotopic (exact) mass is 423 g/mol. The Balaban J connectivity index is 1.80. The first-order chi connectivity index (χ1) is 12.5. The molecule has 1 aromatic rings. The van der Waals surface area contributed by atoms with Gasteiger partial charge in [0.15, 0.2) is 17.6 Å². The number of hydrogen-bond donors (Lipinski definition) is 0. The highest BCUT2D eigenvalue weighted by Crippen LogP contribution is 2.66. The fourth-order valence-electron chi connectivity index (χ4n) is 6.35. The molecule has 5 atom stereocenters. The lowest BCUT2D eigenvalue weighted by molar-refractivity contribution is -0.286. The number of rotatable bonds is 3. The molecule has 0 aromatic heterocycles. The van der Waals surface area contributed by atoms with Crippen LogP contribution in [0.1, 0.15) is 24.0 Å². The quantitative estimate of drug-likeness (QED) is 0.552. The van der Waals surface area contributed by atoms with Crippen molar-refractivity contribution in [3.8, 4) is 11.5 Å². The van der Waals surface area contributed by atoms with E-state index < -0.39 is 5.79 Å². The standard InChI is InChI=1S/C20H26BrNO4/c1-22-8-7-19-12-10-15(21)20(24-3,25-4)18(19)26-17-14(23-2)6-5-11(16(17)19)9-13(12)22/h5-6,12-13,15,18H,7-10H2,1-4H3/t12?,13-,15?,18-,19+/m0/s1. The van der Waals surface area contributed by atoms with E-state index in [4.69, 9.17) is 18.9 Å². The number of alkyl halides is 1. The van der Waals surface area contributed by atoms with Gasteiger partial charge in [0.1, 0.15) is 0 Å². The average Bonchev–Trinajstić information content (AvgIpc) is 3.00. The molecular formula is C20H26BrNO4. The van der Waals surface area contributed by atoms with E-state index in [1.54, 1.807) is 21.3 Å². The Morgan fingerprint density at radius 1 is 1.23 bits per heavy atom. The van der Waals surface area contributed by atoms with E-state index in [0.717, 1.165) is 37.3 Å². The molecule has 0 radical (unpaired) electrons. The van der Waals surface area contributed by atoms with Crippen molar-refractivity contribution in [2.45, 2.75) is 47.4 Å². The van der Waals surface area contributed by atoms with Gasteiger partial charge in [-0.3, -0.25) is 0 Å². The van der Waals surface area contributed by atoms with Gasteiger partial charge in [-0.15, -0.1) is 0 Å². The maximum Gasteiger partial charge on any atom is 0.219 e. The molecule has 26 heavy (non-hydrogen) atoms. The van der Waals surface area contributed by atoms with Crippen molar-refractivity contribution in [2.75, 3.05) is 34.9 Å². The summed E-state index contributed by atoms with van der Waals surface area (Å²) >= 11 is 3.90. The summed E-state index contributed by atoms with van der Waals surface area (Å²) in [6, 6.07) is 4.80. The molecule has 0 N–H and O–H groups in total. The topological polar surface area (TPSA) is 40.2 Å². The van der Waals surface area contributed by atoms with Crippen molar-refractivity contribution >= 4 is 15.9 Å². The molecule has 2 bridgehead atoms. The summed E-state index contributed by atoms with van der Waals surface area (Å²) in [5.74, 6) is 1.42. The molecule has 142 valence electrons. The SMILES string of the molecule is COc1ccc2c3c1O[C@@H]1C(OC)(OC)C(Br)CC4[C@H](C2)N(C)CC[C@]341. The highest BCUT2D eigenvalue weighted by atomic mass is 79.9. The van der Waals surface area contributed by atoms with Crippen molar-refractivity contribution in [3.63, 3.8) is 0 Å².